The molecule has 0 bridgehead atoms. The highest BCUT2D eigenvalue weighted by molar-refractivity contribution is 6.05. The molecule has 0 saturated carbocycles. The molecule has 28 heavy (non-hydrogen) atoms. The lowest BCUT2D eigenvalue weighted by Gasteiger charge is -2.09. The van der Waals surface area contributed by atoms with Gasteiger partial charge in [0.25, 0.3) is 11.8 Å². The van der Waals surface area contributed by atoms with Crippen LogP contribution < -0.4 is 15.4 Å². The van der Waals surface area contributed by atoms with Crippen LogP contribution in [0.15, 0.2) is 72.9 Å². The summed E-state index contributed by atoms with van der Waals surface area (Å²) in [6, 6.07) is 18.1. The van der Waals surface area contributed by atoms with Crippen LogP contribution in [0.1, 0.15) is 27.8 Å². The van der Waals surface area contributed by atoms with Crippen molar-refractivity contribution < 1.29 is 19.1 Å². The number of nitrogens with one attached hydrogen (secondary N) is 2. The first-order chi connectivity index (χ1) is 13.5. The van der Waals surface area contributed by atoms with Gasteiger partial charge in [-0.1, -0.05) is 12.1 Å². The van der Waals surface area contributed by atoms with Crippen LogP contribution in [0.3, 0.4) is 0 Å². The van der Waals surface area contributed by atoms with Gasteiger partial charge in [-0.25, -0.2) is 0 Å². The number of carbonyl (C=O) groups is 3. The average molecular weight is 375 g/mol. The SMILES string of the molecule is CC(=O)Oc1cccc(C(=O)Nc2ccc(NC(=O)c3ccccn3)cc2)c1. The lowest BCUT2D eigenvalue weighted by Crippen LogP contribution is -2.14. The number of nitrogens with zero attached hydrogens (tertiary/aromatic N) is 1. The van der Waals surface area contributed by atoms with Gasteiger partial charge in [0.1, 0.15) is 11.4 Å². The Morgan fingerprint density at radius 1 is 0.821 bits per heavy atom. The highest BCUT2D eigenvalue weighted by atomic mass is 16.5. The minimum absolute atomic E-state index is 0.299. The summed E-state index contributed by atoms with van der Waals surface area (Å²) < 4.78 is 4.98. The second kappa shape index (κ2) is 8.59. The molecule has 7 heteroatoms. The largest absolute Gasteiger partial charge is 0.427 e. The zero-order valence-electron chi connectivity index (χ0n) is 15.0. The van der Waals surface area contributed by atoms with E-state index in [1.54, 1.807) is 66.9 Å². The molecule has 0 saturated heterocycles. The van der Waals surface area contributed by atoms with Gasteiger partial charge in [-0.15, -0.1) is 0 Å². The van der Waals surface area contributed by atoms with Gasteiger partial charge >= 0.3 is 5.97 Å². The second-order valence-electron chi connectivity index (χ2n) is 5.82. The summed E-state index contributed by atoms with van der Waals surface area (Å²) in [6.07, 6.45) is 1.55. The summed E-state index contributed by atoms with van der Waals surface area (Å²) >= 11 is 0. The molecule has 0 atom stereocenters. The smallest absolute Gasteiger partial charge is 0.308 e. The fraction of sp³-hybridized carbons (Fsp3) is 0.0476. The molecule has 0 unspecified atom stereocenters. The minimum atomic E-state index is -0.458. The van der Waals surface area contributed by atoms with E-state index in [9.17, 15) is 14.4 Å². The number of rotatable bonds is 5. The van der Waals surface area contributed by atoms with Crippen molar-refractivity contribution in [2.45, 2.75) is 6.92 Å². The summed E-state index contributed by atoms with van der Waals surface area (Å²) in [5.74, 6) is -0.826. The Morgan fingerprint density at radius 2 is 1.50 bits per heavy atom. The summed E-state index contributed by atoms with van der Waals surface area (Å²) in [5.41, 5.74) is 1.79. The first-order valence-electron chi connectivity index (χ1n) is 8.43. The first-order valence-corrected chi connectivity index (χ1v) is 8.43. The predicted octanol–water partition coefficient (Wildman–Crippen LogP) is 3.51. The van der Waals surface area contributed by atoms with Crippen molar-refractivity contribution in [1.29, 1.82) is 0 Å². The number of hydrogen-bond acceptors (Lipinski definition) is 5. The third-order valence-corrected chi connectivity index (χ3v) is 3.66. The third-order valence-electron chi connectivity index (χ3n) is 3.66. The number of pyridine rings is 1. The maximum absolute atomic E-state index is 12.4. The molecular formula is C21H17N3O4. The Balaban J connectivity index is 1.63. The van der Waals surface area contributed by atoms with E-state index in [1.165, 1.54) is 13.0 Å². The van der Waals surface area contributed by atoms with Crippen molar-refractivity contribution in [3.05, 3.63) is 84.2 Å². The maximum Gasteiger partial charge on any atom is 0.308 e. The zero-order chi connectivity index (χ0) is 19.9. The van der Waals surface area contributed by atoms with E-state index in [1.807, 2.05) is 0 Å². The van der Waals surface area contributed by atoms with Crippen LogP contribution in [0.4, 0.5) is 11.4 Å². The molecule has 7 nitrogen and oxygen atoms in total. The molecule has 3 rings (SSSR count). The van der Waals surface area contributed by atoms with E-state index in [0.717, 1.165) is 0 Å². The number of aromatic nitrogens is 1. The predicted molar refractivity (Wildman–Crippen MR) is 104 cm³/mol. The number of amides is 2. The molecule has 2 aromatic carbocycles. The van der Waals surface area contributed by atoms with Crippen LogP contribution in [0.25, 0.3) is 0 Å². The van der Waals surface area contributed by atoms with Crippen LogP contribution in [0.5, 0.6) is 5.75 Å². The van der Waals surface area contributed by atoms with Gasteiger partial charge in [0.15, 0.2) is 0 Å². The summed E-state index contributed by atoms with van der Waals surface area (Å²) in [5, 5.41) is 5.48. The van der Waals surface area contributed by atoms with Crippen molar-refractivity contribution >= 4 is 29.2 Å². The molecule has 1 aromatic heterocycles. The molecule has 2 N–H and O–H groups in total. The van der Waals surface area contributed by atoms with Gasteiger partial charge in [-0.3, -0.25) is 19.4 Å². The number of benzene rings is 2. The van der Waals surface area contributed by atoms with Gasteiger partial charge in [-0.05, 0) is 54.6 Å². The maximum atomic E-state index is 12.4. The fourth-order valence-electron chi connectivity index (χ4n) is 2.40. The fourth-order valence-corrected chi connectivity index (χ4v) is 2.40. The van der Waals surface area contributed by atoms with E-state index in [2.05, 4.69) is 15.6 Å². The Hall–Kier alpha value is -4.00. The van der Waals surface area contributed by atoms with E-state index >= 15 is 0 Å². The van der Waals surface area contributed by atoms with Crippen LogP contribution in [-0.2, 0) is 4.79 Å². The quantitative estimate of drug-likeness (QED) is 0.525. The van der Waals surface area contributed by atoms with Gasteiger partial charge in [0, 0.05) is 30.1 Å². The second-order valence-corrected chi connectivity index (χ2v) is 5.82. The summed E-state index contributed by atoms with van der Waals surface area (Å²) in [7, 11) is 0. The van der Waals surface area contributed by atoms with Crippen LogP contribution in [-0.4, -0.2) is 22.8 Å². The van der Waals surface area contributed by atoms with E-state index < -0.39 is 5.97 Å². The zero-order valence-corrected chi connectivity index (χ0v) is 15.0. The number of hydrogen-bond donors (Lipinski definition) is 2. The molecule has 0 aliphatic heterocycles. The summed E-state index contributed by atoms with van der Waals surface area (Å²) in [6.45, 7) is 1.29. The molecular weight excluding hydrogens is 358 g/mol. The van der Waals surface area contributed by atoms with Crippen molar-refractivity contribution in [3.63, 3.8) is 0 Å². The Kier molecular flexibility index (Phi) is 5.76. The normalized spacial score (nSPS) is 10.0. The number of esters is 1. The molecule has 0 aliphatic rings. The molecule has 0 spiro atoms. The molecule has 1 heterocycles. The Morgan fingerprint density at radius 3 is 2.11 bits per heavy atom. The van der Waals surface area contributed by atoms with Gasteiger partial charge < -0.3 is 15.4 Å². The van der Waals surface area contributed by atoms with E-state index in [-0.39, 0.29) is 11.8 Å². The van der Waals surface area contributed by atoms with Gasteiger partial charge in [0.2, 0.25) is 0 Å². The number of ether oxygens (including phenoxy) is 1. The van der Waals surface area contributed by atoms with Gasteiger partial charge in [-0.2, -0.15) is 0 Å². The van der Waals surface area contributed by atoms with Crippen LogP contribution in [0.2, 0.25) is 0 Å². The standard InChI is InChI=1S/C21H17N3O4/c1-14(25)28-18-6-4-5-15(13-18)20(26)23-16-8-10-17(11-9-16)24-21(27)19-7-2-3-12-22-19/h2-13H,1H3,(H,23,26)(H,24,27). The number of carbonyl (C=O) groups excluding carboxylic acids is 3. The topological polar surface area (TPSA) is 97.4 Å². The number of anilines is 2. The molecule has 0 radical (unpaired) electrons. The lowest BCUT2D eigenvalue weighted by atomic mass is 10.2. The Labute approximate surface area is 161 Å². The molecule has 0 fully saturated rings. The minimum Gasteiger partial charge on any atom is -0.427 e. The lowest BCUT2D eigenvalue weighted by molar-refractivity contribution is -0.131. The summed E-state index contributed by atoms with van der Waals surface area (Å²) in [4.78, 5) is 39.5. The molecule has 2 amide bonds. The highest BCUT2D eigenvalue weighted by Crippen LogP contribution is 2.18. The van der Waals surface area contributed by atoms with Crippen LogP contribution >= 0.6 is 0 Å². The first kappa shape index (κ1) is 18.8. The van der Waals surface area contributed by atoms with E-state index in [4.69, 9.17) is 4.74 Å². The van der Waals surface area contributed by atoms with Crippen molar-refractivity contribution in [2.24, 2.45) is 0 Å². The third kappa shape index (κ3) is 5.01. The molecule has 140 valence electrons. The average Bonchev–Trinajstić information content (AvgIpc) is 2.70. The van der Waals surface area contributed by atoms with E-state index in [0.29, 0.717) is 28.4 Å². The molecule has 3 aromatic rings. The van der Waals surface area contributed by atoms with Crippen molar-refractivity contribution in [3.8, 4) is 5.75 Å². The van der Waals surface area contributed by atoms with Crippen molar-refractivity contribution in [2.75, 3.05) is 10.6 Å². The Bertz CT molecular complexity index is 1000. The molecule has 0 aliphatic carbocycles. The monoisotopic (exact) mass is 375 g/mol. The van der Waals surface area contributed by atoms with Crippen LogP contribution in [0, 0.1) is 0 Å². The van der Waals surface area contributed by atoms with Gasteiger partial charge in [0.05, 0.1) is 0 Å². The van der Waals surface area contributed by atoms with Crippen molar-refractivity contribution in [1.82, 2.24) is 4.98 Å². The highest BCUT2D eigenvalue weighted by Gasteiger charge is 2.10.